The van der Waals surface area contributed by atoms with Crippen molar-refractivity contribution in [2.75, 3.05) is 0 Å². The highest BCUT2D eigenvalue weighted by molar-refractivity contribution is 5.72. The lowest BCUT2D eigenvalue weighted by atomic mass is 9.86. The second-order valence-electron chi connectivity index (χ2n) is 5.24. The third-order valence-electron chi connectivity index (χ3n) is 2.72. The Morgan fingerprint density at radius 1 is 1.06 bits per heavy atom. The molecule has 1 rings (SSSR count). The van der Waals surface area contributed by atoms with Gasteiger partial charge in [0.15, 0.2) is 0 Å². The number of hydrogen-bond donors (Lipinski definition) is 0. The molecule has 0 heteroatoms. The Hall–Kier alpha value is -1.56. The third kappa shape index (κ3) is 4.07. The van der Waals surface area contributed by atoms with Gasteiger partial charge in [-0.25, -0.2) is 0 Å². The molecule has 0 aromatic heterocycles. The van der Waals surface area contributed by atoms with Gasteiger partial charge in [0, 0.05) is 0 Å². The predicted molar refractivity (Wildman–Crippen MR) is 78.1 cm³/mol. The van der Waals surface area contributed by atoms with E-state index in [1.165, 1.54) is 11.1 Å². The van der Waals surface area contributed by atoms with Crippen LogP contribution in [0.4, 0.5) is 0 Å². The van der Waals surface area contributed by atoms with Crippen LogP contribution >= 0.6 is 0 Å². The highest BCUT2D eigenvalue weighted by atomic mass is 14.2. The van der Waals surface area contributed by atoms with Gasteiger partial charge in [-0.1, -0.05) is 75.9 Å². The van der Waals surface area contributed by atoms with E-state index in [1.807, 2.05) is 31.2 Å². The van der Waals surface area contributed by atoms with Crippen molar-refractivity contribution in [3.63, 3.8) is 0 Å². The van der Waals surface area contributed by atoms with Crippen LogP contribution in [0.1, 0.15) is 38.8 Å². The van der Waals surface area contributed by atoms with E-state index in [0.29, 0.717) is 0 Å². The molecule has 0 heterocycles. The topological polar surface area (TPSA) is 0 Å². The van der Waals surface area contributed by atoms with Crippen LogP contribution in [0, 0.1) is 0 Å². The van der Waals surface area contributed by atoms with Gasteiger partial charge in [-0.2, -0.15) is 0 Å². The summed E-state index contributed by atoms with van der Waals surface area (Å²) in [7, 11) is 0. The Balaban J connectivity index is 2.85. The minimum atomic E-state index is 0.209. The van der Waals surface area contributed by atoms with Crippen LogP contribution < -0.4 is 0 Å². The molecule has 0 unspecified atom stereocenters. The highest BCUT2D eigenvalue weighted by Gasteiger charge is 2.12. The molecule has 0 saturated carbocycles. The molecule has 0 N–H and O–H groups in total. The van der Waals surface area contributed by atoms with Crippen molar-refractivity contribution in [3.8, 4) is 0 Å². The zero-order chi connectivity index (χ0) is 12.9. The fourth-order valence-electron chi connectivity index (χ4n) is 1.56. The van der Waals surface area contributed by atoms with Gasteiger partial charge in [-0.3, -0.25) is 0 Å². The second-order valence-corrected chi connectivity index (χ2v) is 5.24. The molecule has 0 radical (unpaired) electrons. The Bertz CT molecular complexity index is 422. The van der Waals surface area contributed by atoms with Crippen LogP contribution in [-0.2, 0) is 5.41 Å². The van der Waals surface area contributed by atoms with Crippen molar-refractivity contribution in [3.05, 3.63) is 66.3 Å². The predicted octanol–water partition coefficient (Wildman–Crippen LogP) is 5.13. The first kappa shape index (κ1) is 13.5. The fourth-order valence-corrected chi connectivity index (χ4v) is 1.56. The molecule has 0 saturated heterocycles. The lowest BCUT2D eigenvalue weighted by Gasteiger charge is -2.19. The van der Waals surface area contributed by atoms with E-state index in [-0.39, 0.29) is 5.41 Å². The van der Waals surface area contributed by atoms with Crippen LogP contribution in [0.15, 0.2) is 55.1 Å². The summed E-state index contributed by atoms with van der Waals surface area (Å²) in [5.41, 5.74) is 3.79. The first-order chi connectivity index (χ1) is 7.95. The van der Waals surface area contributed by atoms with Gasteiger partial charge in [0.25, 0.3) is 0 Å². The van der Waals surface area contributed by atoms with E-state index in [1.54, 1.807) is 0 Å². The molecule has 17 heavy (non-hydrogen) atoms. The summed E-state index contributed by atoms with van der Waals surface area (Å²) in [6.45, 7) is 12.7. The Morgan fingerprint density at radius 2 is 1.65 bits per heavy atom. The quantitative estimate of drug-likeness (QED) is 0.627. The fraction of sp³-hybridized carbons (Fsp3) is 0.294. The summed E-state index contributed by atoms with van der Waals surface area (Å²) in [5.74, 6) is 0. The number of hydrogen-bond acceptors (Lipinski definition) is 0. The minimum absolute atomic E-state index is 0.209. The van der Waals surface area contributed by atoms with Gasteiger partial charge >= 0.3 is 0 Å². The molecule has 90 valence electrons. The highest BCUT2D eigenvalue weighted by Crippen LogP contribution is 2.24. The van der Waals surface area contributed by atoms with Crippen molar-refractivity contribution in [2.24, 2.45) is 0 Å². The first-order valence-corrected chi connectivity index (χ1v) is 6.04. The molecule has 1 aromatic carbocycles. The normalized spacial score (nSPS) is 12.5. The van der Waals surface area contributed by atoms with Gasteiger partial charge in [-0.15, -0.1) is 0 Å². The lowest BCUT2D eigenvalue weighted by molar-refractivity contribution is 0.590. The summed E-state index contributed by atoms with van der Waals surface area (Å²) in [6.07, 6.45) is 8.06. The third-order valence-corrected chi connectivity index (χ3v) is 2.72. The van der Waals surface area contributed by atoms with Crippen molar-refractivity contribution in [1.82, 2.24) is 0 Å². The maximum absolute atomic E-state index is 4.07. The Labute approximate surface area is 105 Å². The van der Waals surface area contributed by atoms with Gasteiger partial charge in [0.2, 0.25) is 0 Å². The largest absolute Gasteiger partial charge is 0.0912 e. The molecule has 0 aliphatic heterocycles. The van der Waals surface area contributed by atoms with Crippen LogP contribution in [0.3, 0.4) is 0 Å². The summed E-state index contributed by atoms with van der Waals surface area (Å²) >= 11 is 0. The van der Waals surface area contributed by atoms with E-state index in [4.69, 9.17) is 0 Å². The molecular formula is C17H22. The van der Waals surface area contributed by atoms with Crippen molar-refractivity contribution in [2.45, 2.75) is 33.1 Å². The maximum Gasteiger partial charge on any atom is -0.0132 e. The second kappa shape index (κ2) is 5.67. The molecule has 0 aliphatic rings. The van der Waals surface area contributed by atoms with E-state index in [9.17, 15) is 0 Å². The molecule has 0 aliphatic carbocycles. The van der Waals surface area contributed by atoms with Gasteiger partial charge < -0.3 is 0 Å². The van der Waals surface area contributed by atoms with E-state index < -0.39 is 0 Å². The van der Waals surface area contributed by atoms with Gasteiger partial charge in [0.05, 0.1) is 0 Å². The molecule has 1 aromatic rings. The monoisotopic (exact) mass is 226 g/mol. The smallest absolute Gasteiger partial charge is 0.0132 e. The van der Waals surface area contributed by atoms with Crippen molar-refractivity contribution < 1.29 is 0 Å². The molecule has 0 bridgehead atoms. The van der Waals surface area contributed by atoms with Gasteiger partial charge in [0.1, 0.15) is 0 Å². The molecule has 0 nitrogen and oxygen atoms in total. The van der Waals surface area contributed by atoms with E-state index >= 15 is 0 Å². The molecule has 0 spiro atoms. The minimum Gasteiger partial charge on any atom is -0.0912 e. The number of benzene rings is 1. The average Bonchev–Trinajstić information content (AvgIpc) is 2.28. The van der Waals surface area contributed by atoms with Crippen molar-refractivity contribution >= 4 is 5.57 Å². The molecule has 0 fully saturated rings. The SMILES string of the molecule is C=C(/C=C\C=C/C)c1ccc(C(C)(C)C)cc1. The zero-order valence-electron chi connectivity index (χ0n) is 11.3. The van der Waals surface area contributed by atoms with E-state index in [2.05, 4.69) is 51.6 Å². The number of allylic oxidation sites excluding steroid dienone is 5. The summed E-state index contributed by atoms with van der Waals surface area (Å²) < 4.78 is 0. The average molecular weight is 226 g/mol. The summed E-state index contributed by atoms with van der Waals surface area (Å²) in [6, 6.07) is 8.65. The lowest BCUT2D eigenvalue weighted by Crippen LogP contribution is -2.10. The van der Waals surface area contributed by atoms with Crippen LogP contribution in [0.2, 0.25) is 0 Å². The molecule has 0 atom stereocenters. The van der Waals surface area contributed by atoms with Crippen LogP contribution in [-0.4, -0.2) is 0 Å². The van der Waals surface area contributed by atoms with Crippen LogP contribution in [0.25, 0.3) is 5.57 Å². The number of rotatable bonds is 3. The van der Waals surface area contributed by atoms with Gasteiger partial charge in [-0.05, 0) is 29.0 Å². The molecular weight excluding hydrogens is 204 g/mol. The maximum atomic E-state index is 4.07. The van der Waals surface area contributed by atoms with Crippen molar-refractivity contribution in [1.29, 1.82) is 0 Å². The Morgan fingerprint density at radius 3 is 2.12 bits per heavy atom. The summed E-state index contributed by atoms with van der Waals surface area (Å²) in [4.78, 5) is 0. The zero-order valence-corrected chi connectivity index (χ0v) is 11.3. The standard InChI is InChI=1S/C17H22/c1-6-7-8-9-14(2)15-10-12-16(13-11-15)17(3,4)5/h6-13H,2H2,1,3-5H3/b7-6-,9-8-. The molecule has 0 amide bonds. The summed E-state index contributed by atoms with van der Waals surface area (Å²) in [5, 5.41) is 0. The first-order valence-electron chi connectivity index (χ1n) is 6.04. The van der Waals surface area contributed by atoms with E-state index in [0.717, 1.165) is 5.57 Å². The van der Waals surface area contributed by atoms with Crippen LogP contribution in [0.5, 0.6) is 0 Å². The Kier molecular flexibility index (Phi) is 4.51.